The van der Waals surface area contributed by atoms with E-state index in [4.69, 9.17) is 0 Å². The van der Waals surface area contributed by atoms with Crippen LogP contribution in [0.25, 0.3) is 10.2 Å². The Morgan fingerprint density at radius 1 is 0.735 bits per heavy atom. The summed E-state index contributed by atoms with van der Waals surface area (Å²) >= 11 is 1.57. The molecule has 0 aliphatic carbocycles. The molecule has 0 bridgehead atoms. The van der Waals surface area contributed by atoms with E-state index in [-0.39, 0.29) is 0 Å². The van der Waals surface area contributed by atoms with Gasteiger partial charge in [0.25, 0.3) is 0 Å². The number of nitrogens with zero attached hydrogens (tertiary/aromatic N) is 6. The Labute approximate surface area is 205 Å². The van der Waals surface area contributed by atoms with Crippen LogP contribution in [0.5, 0.6) is 0 Å². The molecular formula is C27H30N6S. The largest absolute Gasteiger partial charge is 0.372 e. The quantitative estimate of drug-likeness (QED) is 0.217. The van der Waals surface area contributed by atoms with E-state index in [1.54, 1.807) is 11.3 Å². The second kappa shape index (κ2) is 11.6. The van der Waals surface area contributed by atoms with Crippen LogP contribution in [0.1, 0.15) is 39.2 Å². The molecule has 0 radical (unpaired) electrons. The van der Waals surface area contributed by atoms with Crippen LogP contribution in [-0.4, -0.2) is 18.1 Å². The van der Waals surface area contributed by atoms with Gasteiger partial charge in [0.1, 0.15) is 0 Å². The van der Waals surface area contributed by atoms with Gasteiger partial charge in [-0.15, -0.1) is 10.2 Å². The molecule has 0 saturated heterocycles. The third-order valence-corrected chi connectivity index (χ3v) is 6.52. The summed E-state index contributed by atoms with van der Waals surface area (Å²) < 4.78 is 1.16. The molecule has 0 fully saturated rings. The number of aromatic nitrogens is 1. The second-order valence-corrected chi connectivity index (χ2v) is 9.02. The Hall–Kier alpha value is -3.45. The van der Waals surface area contributed by atoms with Gasteiger partial charge in [0, 0.05) is 18.8 Å². The third kappa shape index (κ3) is 6.11. The topological polar surface area (TPSA) is 65.6 Å². The van der Waals surface area contributed by atoms with E-state index in [0.717, 1.165) is 46.8 Å². The lowest BCUT2D eigenvalue weighted by Crippen LogP contribution is -2.21. The molecule has 0 atom stereocenters. The van der Waals surface area contributed by atoms with E-state index in [9.17, 15) is 0 Å². The van der Waals surface area contributed by atoms with Crippen LogP contribution in [0.4, 0.5) is 27.9 Å². The van der Waals surface area contributed by atoms with Crippen LogP contribution in [0.2, 0.25) is 0 Å². The molecule has 4 rings (SSSR count). The first-order chi connectivity index (χ1) is 16.7. The van der Waals surface area contributed by atoms with Crippen molar-refractivity contribution >= 4 is 49.4 Å². The van der Waals surface area contributed by atoms with E-state index >= 15 is 0 Å². The highest BCUT2D eigenvalue weighted by Crippen LogP contribution is 2.31. The van der Waals surface area contributed by atoms with Gasteiger partial charge in [-0.05, 0) is 92.9 Å². The molecule has 0 amide bonds. The second-order valence-electron chi connectivity index (χ2n) is 8.01. The predicted octanol–water partition coefficient (Wildman–Crippen LogP) is 9.32. The van der Waals surface area contributed by atoms with Crippen LogP contribution in [0.15, 0.2) is 87.2 Å². The first-order valence-electron chi connectivity index (χ1n) is 11.9. The van der Waals surface area contributed by atoms with Gasteiger partial charge < -0.3 is 4.90 Å². The van der Waals surface area contributed by atoms with Gasteiger partial charge >= 0.3 is 0 Å². The van der Waals surface area contributed by atoms with Crippen LogP contribution in [0.3, 0.4) is 0 Å². The number of anilines is 1. The molecule has 7 heteroatoms. The Balaban J connectivity index is 1.38. The van der Waals surface area contributed by atoms with E-state index in [1.165, 1.54) is 24.1 Å². The summed E-state index contributed by atoms with van der Waals surface area (Å²) in [5.74, 6) is 0. The van der Waals surface area contributed by atoms with Gasteiger partial charge in [0.05, 0.1) is 27.3 Å². The van der Waals surface area contributed by atoms with E-state index in [0.29, 0.717) is 5.13 Å². The Morgan fingerprint density at radius 3 is 1.91 bits per heavy atom. The van der Waals surface area contributed by atoms with Crippen molar-refractivity contribution in [3.63, 3.8) is 0 Å². The van der Waals surface area contributed by atoms with E-state index in [2.05, 4.69) is 81.4 Å². The highest BCUT2D eigenvalue weighted by molar-refractivity contribution is 7.21. The molecule has 0 aliphatic heterocycles. The van der Waals surface area contributed by atoms with Gasteiger partial charge in [0.2, 0.25) is 5.13 Å². The summed E-state index contributed by atoms with van der Waals surface area (Å²) in [5, 5.41) is 18.0. The number of benzene rings is 3. The van der Waals surface area contributed by atoms with Crippen LogP contribution in [0, 0.1) is 0 Å². The molecular weight excluding hydrogens is 440 g/mol. The lowest BCUT2D eigenvalue weighted by atomic mass is 10.1. The number of azo groups is 2. The SMILES string of the molecule is CCCCc1ccc2nc(N=Nc3ccc(N=Nc4ccc(N(CC)CC)cc4)cc3)sc2c1. The van der Waals surface area contributed by atoms with E-state index in [1.807, 2.05) is 36.4 Å². The van der Waals surface area contributed by atoms with Crippen LogP contribution < -0.4 is 4.90 Å². The molecule has 0 spiro atoms. The minimum atomic E-state index is 0.666. The van der Waals surface area contributed by atoms with Gasteiger partial charge in [-0.3, -0.25) is 0 Å². The minimum absolute atomic E-state index is 0.666. The van der Waals surface area contributed by atoms with Crippen molar-refractivity contribution in [3.8, 4) is 0 Å². The number of thiazole rings is 1. The number of hydrogen-bond acceptors (Lipinski definition) is 7. The summed E-state index contributed by atoms with van der Waals surface area (Å²) in [5.41, 5.74) is 5.88. The molecule has 0 unspecified atom stereocenters. The van der Waals surface area contributed by atoms with Crippen molar-refractivity contribution in [2.24, 2.45) is 20.5 Å². The first kappa shape index (κ1) is 23.7. The minimum Gasteiger partial charge on any atom is -0.372 e. The summed E-state index contributed by atoms with van der Waals surface area (Å²) in [6, 6.07) is 22.2. The summed E-state index contributed by atoms with van der Waals surface area (Å²) in [6.07, 6.45) is 3.51. The Kier molecular flexibility index (Phi) is 8.09. The van der Waals surface area contributed by atoms with Crippen molar-refractivity contribution in [1.29, 1.82) is 0 Å². The Bertz CT molecular complexity index is 1250. The van der Waals surface area contributed by atoms with Crippen LogP contribution in [-0.2, 0) is 6.42 Å². The van der Waals surface area contributed by atoms with Gasteiger partial charge in [-0.1, -0.05) is 30.7 Å². The maximum Gasteiger partial charge on any atom is 0.231 e. The van der Waals surface area contributed by atoms with Gasteiger partial charge in [0.15, 0.2) is 0 Å². The third-order valence-electron chi connectivity index (χ3n) is 5.62. The molecule has 0 N–H and O–H groups in total. The first-order valence-corrected chi connectivity index (χ1v) is 12.7. The maximum absolute atomic E-state index is 4.58. The normalized spacial score (nSPS) is 11.7. The zero-order chi connectivity index (χ0) is 23.8. The van der Waals surface area contributed by atoms with Gasteiger partial charge in [-0.2, -0.15) is 10.2 Å². The fourth-order valence-corrected chi connectivity index (χ4v) is 4.51. The lowest BCUT2D eigenvalue weighted by Gasteiger charge is -2.20. The molecule has 6 nitrogen and oxygen atoms in total. The zero-order valence-corrected chi connectivity index (χ0v) is 20.8. The number of fused-ring (bicyclic) bond motifs is 1. The predicted molar refractivity (Wildman–Crippen MR) is 143 cm³/mol. The number of hydrogen-bond donors (Lipinski definition) is 0. The fraction of sp³-hybridized carbons (Fsp3) is 0.296. The van der Waals surface area contributed by atoms with Crippen molar-refractivity contribution in [1.82, 2.24) is 4.98 Å². The van der Waals surface area contributed by atoms with Crippen molar-refractivity contribution in [2.75, 3.05) is 18.0 Å². The van der Waals surface area contributed by atoms with Crippen molar-refractivity contribution < 1.29 is 0 Å². The molecule has 0 saturated carbocycles. The van der Waals surface area contributed by atoms with Crippen LogP contribution >= 0.6 is 11.3 Å². The van der Waals surface area contributed by atoms with Gasteiger partial charge in [-0.25, -0.2) is 4.98 Å². The summed E-state index contributed by atoms with van der Waals surface area (Å²) in [6.45, 7) is 8.50. The lowest BCUT2D eigenvalue weighted by molar-refractivity contribution is 0.796. The maximum atomic E-state index is 4.58. The number of rotatable bonds is 10. The average Bonchev–Trinajstić information content (AvgIpc) is 3.29. The molecule has 0 aliphatic rings. The monoisotopic (exact) mass is 470 g/mol. The van der Waals surface area contributed by atoms with Crippen molar-refractivity contribution in [2.45, 2.75) is 40.0 Å². The standard InChI is InChI=1S/C27H30N6S/c1-4-7-8-20-9-18-25-26(19-20)34-27(28-25)32-31-22-12-10-21(11-13-22)29-30-23-14-16-24(17-15-23)33(5-2)6-3/h9-19H,4-8H2,1-3H3. The van der Waals surface area contributed by atoms with E-state index < -0.39 is 0 Å². The Morgan fingerprint density at radius 2 is 1.32 bits per heavy atom. The molecule has 34 heavy (non-hydrogen) atoms. The van der Waals surface area contributed by atoms with Crippen molar-refractivity contribution in [3.05, 3.63) is 72.3 Å². The molecule has 4 aromatic rings. The molecule has 1 aromatic heterocycles. The summed E-state index contributed by atoms with van der Waals surface area (Å²) in [4.78, 5) is 6.88. The fourth-order valence-electron chi connectivity index (χ4n) is 3.66. The molecule has 174 valence electrons. The number of unbranched alkanes of at least 4 members (excludes halogenated alkanes) is 1. The highest BCUT2D eigenvalue weighted by Gasteiger charge is 2.05. The zero-order valence-electron chi connectivity index (χ0n) is 20.0. The summed E-state index contributed by atoms with van der Waals surface area (Å²) in [7, 11) is 0. The highest BCUT2D eigenvalue weighted by atomic mass is 32.1. The number of aryl methyl sites for hydroxylation is 1. The molecule has 3 aromatic carbocycles. The average molecular weight is 471 g/mol. The smallest absolute Gasteiger partial charge is 0.231 e. The molecule has 1 heterocycles.